The van der Waals surface area contributed by atoms with E-state index >= 15 is 0 Å². The highest BCUT2D eigenvalue weighted by atomic mass is 16.5. The molecule has 0 saturated heterocycles. The number of allylic oxidation sites excluding steroid dienone is 1. The summed E-state index contributed by atoms with van der Waals surface area (Å²) >= 11 is 0. The summed E-state index contributed by atoms with van der Waals surface area (Å²) in [5, 5.41) is 3.23. The molecule has 3 nitrogen and oxygen atoms in total. The number of nitrogens with one attached hydrogen (secondary N) is 1. The fraction of sp³-hybridized carbons (Fsp3) is 0.727. The van der Waals surface area contributed by atoms with Crippen molar-refractivity contribution in [2.75, 3.05) is 13.2 Å². The van der Waals surface area contributed by atoms with Crippen LogP contribution in [0.2, 0.25) is 0 Å². The van der Waals surface area contributed by atoms with Crippen LogP contribution in [0.5, 0.6) is 0 Å². The maximum Gasteiger partial charge on any atom is 0.307 e. The van der Waals surface area contributed by atoms with Crippen molar-refractivity contribution in [3.8, 4) is 0 Å². The fourth-order valence-electron chi connectivity index (χ4n) is 1.01. The van der Waals surface area contributed by atoms with Crippen molar-refractivity contribution in [1.29, 1.82) is 0 Å². The molecule has 3 heteroatoms. The van der Waals surface area contributed by atoms with Crippen molar-refractivity contribution >= 4 is 5.97 Å². The summed E-state index contributed by atoms with van der Waals surface area (Å²) in [6.45, 7) is 9.17. The minimum Gasteiger partial charge on any atom is -0.466 e. The van der Waals surface area contributed by atoms with Gasteiger partial charge in [0.2, 0.25) is 0 Å². The van der Waals surface area contributed by atoms with Gasteiger partial charge in [0.1, 0.15) is 0 Å². The number of hydrogen-bond donors (Lipinski definition) is 1. The first kappa shape index (κ1) is 13.2. The number of esters is 1. The number of hydrogen-bond acceptors (Lipinski definition) is 3. The van der Waals surface area contributed by atoms with Crippen LogP contribution in [-0.2, 0) is 9.53 Å². The van der Waals surface area contributed by atoms with Gasteiger partial charge in [-0.3, -0.25) is 4.79 Å². The number of carbonyl (C=O) groups excluding carboxylic acids is 1. The molecule has 0 aliphatic rings. The first-order valence-electron chi connectivity index (χ1n) is 5.08. The molecular formula is C11H21NO2. The molecule has 0 aromatic heterocycles. The molecule has 1 unspecified atom stereocenters. The Balaban J connectivity index is 3.59. The molecule has 1 N–H and O–H groups in total. The molecule has 0 saturated carbocycles. The second-order valence-corrected chi connectivity index (χ2v) is 3.60. The molecule has 0 fully saturated rings. The molecule has 0 aliphatic carbocycles. The van der Waals surface area contributed by atoms with E-state index in [4.69, 9.17) is 4.74 Å². The predicted octanol–water partition coefficient (Wildman–Crippen LogP) is 1.88. The Hall–Kier alpha value is -0.830. The molecule has 0 amide bonds. The zero-order valence-electron chi connectivity index (χ0n) is 9.59. The first-order chi connectivity index (χ1) is 6.56. The molecule has 1 atom stereocenters. The minimum atomic E-state index is -0.135. The van der Waals surface area contributed by atoms with E-state index in [2.05, 4.69) is 25.2 Å². The normalized spacial score (nSPS) is 12.0. The molecule has 0 rings (SSSR count). The van der Waals surface area contributed by atoms with E-state index in [0.29, 0.717) is 13.0 Å². The summed E-state index contributed by atoms with van der Waals surface area (Å²) in [7, 11) is 0. The predicted molar refractivity (Wildman–Crippen MR) is 58.1 cm³/mol. The van der Waals surface area contributed by atoms with Crippen LogP contribution in [0.3, 0.4) is 0 Å². The van der Waals surface area contributed by atoms with Gasteiger partial charge < -0.3 is 10.1 Å². The Bertz CT molecular complexity index is 195. The monoisotopic (exact) mass is 199 g/mol. The lowest BCUT2D eigenvalue weighted by atomic mass is 10.2. The van der Waals surface area contributed by atoms with Crippen molar-refractivity contribution in [2.45, 2.75) is 40.2 Å². The Kier molecular flexibility index (Phi) is 7.11. The first-order valence-corrected chi connectivity index (χ1v) is 5.08. The van der Waals surface area contributed by atoms with E-state index in [1.807, 2.05) is 13.8 Å². The van der Waals surface area contributed by atoms with Gasteiger partial charge >= 0.3 is 5.97 Å². The van der Waals surface area contributed by atoms with Gasteiger partial charge in [0.15, 0.2) is 0 Å². The minimum absolute atomic E-state index is 0.135. The summed E-state index contributed by atoms with van der Waals surface area (Å²) in [6.07, 6.45) is 2.53. The van der Waals surface area contributed by atoms with Gasteiger partial charge in [-0.2, -0.15) is 0 Å². The molecule has 0 bridgehead atoms. The SMILES string of the molecule is CCOC(=O)CC(C)NCC=C(C)C. The quantitative estimate of drug-likeness (QED) is 0.524. The van der Waals surface area contributed by atoms with Gasteiger partial charge in [-0.15, -0.1) is 0 Å². The smallest absolute Gasteiger partial charge is 0.307 e. The van der Waals surface area contributed by atoms with Crippen LogP contribution in [0.25, 0.3) is 0 Å². The summed E-state index contributed by atoms with van der Waals surface area (Å²) < 4.78 is 4.85. The van der Waals surface area contributed by atoms with Crippen LogP contribution in [0, 0.1) is 0 Å². The highest BCUT2D eigenvalue weighted by Gasteiger charge is 2.07. The van der Waals surface area contributed by atoms with E-state index in [0.717, 1.165) is 6.54 Å². The van der Waals surface area contributed by atoms with Gasteiger partial charge in [-0.1, -0.05) is 11.6 Å². The average Bonchev–Trinajstić information content (AvgIpc) is 2.03. The highest BCUT2D eigenvalue weighted by molar-refractivity contribution is 5.69. The number of ether oxygens (including phenoxy) is 1. The summed E-state index contributed by atoms with van der Waals surface area (Å²) in [5.74, 6) is -0.135. The maximum atomic E-state index is 11.1. The van der Waals surface area contributed by atoms with E-state index in [-0.39, 0.29) is 12.0 Å². The fourth-order valence-corrected chi connectivity index (χ4v) is 1.01. The average molecular weight is 199 g/mol. The van der Waals surface area contributed by atoms with Gasteiger partial charge in [0.25, 0.3) is 0 Å². The Morgan fingerprint density at radius 2 is 2.14 bits per heavy atom. The van der Waals surface area contributed by atoms with Crippen molar-refractivity contribution in [3.63, 3.8) is 0 Å². The van der Waals surface area contributed by atoms with Crippen molar-refractivity contribution < 1.29 is 9.53 Å². The molecule has 0 aromatic carbocycles. The lowest BCUT2D eigenvalue weighted by Crippen LogP contribution is -2.29. The molecule has 14 heavy (non-hydrogen) atoms. The molecule has 82 valence electrons. The van der Waals surface area contributed by atoms with Crippen LogP contribution in [-0.4, -0.2) is 25.2 Å². The van der Waals surface area contributed by atoms with Gasteiger partial charge in [0.05, 0.1) is 13.0 Å². The van der Waals surface area contributed by atoms with Gasteiger partial charge in [0, 0.05) is 12.6 Å². The van der Waals surface area contributed by atoms with Gasteiger partial charge in [-0.25, -0.2) is 0 Å². The molecule has 0 radical (unpaired) electrons. The molecule has 0 heterocycles. The Morgan fingerprint density at radius 3 is 2.64 bits per heavy atom. The maximum absolute atomic E-state index is 11.1. The standard InChI is InChI=1S/C11H21NO2/c1-5-14-11(13)8-10(4)12-7-6-9(2)3/h6,10,12H,5,7-8H2,1-4H3. The zero-order valence-corrected chi connectivity index (χ0v) is 9.59. The van der Waals surface area contributed by atoms with E-state index < -0.39 is 0 Å². The number of carbonyl (C=O) groups is 1. The van der Waals surface area contributed by atoms with Crippen molar-refractivity contribution in [1.82, 2.24) is 5.32 Å². The molecule has 0 aromatic rings. The van der Waals surface area contributed by atoms with E-state index in [9.17, 15) is 4.79 Å². The third-order valence-corrected chi connectivity index (χ3v) is 1.75. The molecule has 0 spiro atoms. The van der Waals surface area contributed by atoms with E-state index in [1.165, 1.54) is 5.57 Å². The largest absolute Gasteiger partial charge is 0.466 e. The Morgan fingerprint density at radius 1 is 1.50 bits per heavy atom. The van der Waals surface area contributed by atoms with Crippen LogP contribution in [0.15, 0.2) is 11.6 Å². The second-order valence-electron chi connectivity index (χ2n) is 3.60. The highest BCUT2D eigenvalue weighted by Crippen LogP contribution is 1.94. The number of rotatable bonds is 6. The van der Waals surface area contributed by atoms with Crippen LogP contribution >= 0.6 is 0 Å². The second kappa shape index (κ2) is 7.56. The topological polar surface area (TPSA) is 38.3 Å². The lowest BCUT2D eigenvalue weighted by Gasteiger charge is -2.11. The zero-order chi connectivity index (χ0) is 11.0. The van der Waals surface area contributed by atoms with Crippen molar-refractivity contribution in [3.05, 3.63) is 11.6 Å². The van der Waals surface area contributed by atoms with Crippen LogP contribution in [0.1, 0.15) is 34.1 Å². The molecular weight excluding hydrogens is 178 g/mol. The van der Waals surface area contributed by atoms with Crippen molar-refractivity contribution in [2.24, 2.45) is 0 Å². The molecule has 0 aliphatic heterocycles. The van der Waals surface area contributed by atoms with Crippen LogP contribution in [0.4, 0.5) is 0 Å². The lowest BCUT2D eigenvalue weighted by molar-refractivity contribution is -0.143. The van der Waals surface area contributed by atoms with Gasteiger partial charge in [-0.05, 0) is 27.7 Å². The summed E-state index contributed by atoms with van der Waals surface area (Å²) in [6, 6.07) is 0.171. The summed E-state index contributed by atoms with van der Waals surface area (Å²) in [5.41, 5.74) is 1.28. The Labute approximate surface area is 86.5 Å². The van der Waals surface area contributed by atoms with Crippen LogP contribution < -0.4 is 5.32 Å². The third-order valence-electron chi connectivity index (χ3n) is 1.75. The third kappa shape index (κ3) is 7.80. The summed E-state index contributed by atoms with van der Waals surface area (Å²) in [4.78, 5) is 11.1. The van der Waals surface area contributed by atoms with E-state index in [1.54, 1.807) is 0 Å².